The molecule has 3 heteroatoms. The molecule has 2 atom stereocenters. The van der Waals surface area contributed by atoms with Crippen LogP contribution in [0.2, 0.25) is 0 Å². The quantitative estimate of drug-likeness (QED) is 0.893. The Morgan fingerprint density at radius 1 is 1.40 bits per heavy atom. The van der Waals surface area contributed by atoms with Crippen molar-refractivity contribution in [2.24, 2.45) is 0 Å². The summed E-state index contributed by atoms with van der Waals surface area (Å²) in [5.41, 5.74) is 1.11. The highest BCUT2D eigenvalue weighted by atomic mass is 79.9. The van der Waals surface area contributed by atoms with Gasteiger partial charge in [0.1, 0.15) is 0 Å². The number of ether oxygens (including phenoxy) is 1. The highest BCUT2D eigenvalue weighted by molar-refractivity contribution is 9.10. The van der Waals surface area contributed by atoms with E-state index in [-0.39, 0.29) is 6.10 Å². The van der Waals surface area contributed by atoms with Crippen molar-refractivity contribution in [3.8, 4) is 0 Å². The minimum atomic E-state index is -0.455. The van der Waals surface area contributed by atoms with Gasteiger partial charge in [0.2, 0.25) is 0 Å². The highest BCUT2D eigenvalue weighted by Gasteiger charge is 2.15. The Kier molecular flexibility index (Phi) is 5.29. The lowest BCUT2D eigenvalue weighted by Gasteiger charge is -2.19. The third kappa shape index (κ3) is 3.93. The molecule has 2 nitrogen and oxygen atoms in total. The van der Waals surface area contributed by atoms with Crippen LogP contribution in [0.1, 0.15) is 19.4 Å². The molecule has 84 valence electrons. The fraction of sp³-hybridized carbons (Fsp3) is 0.500. The van der Waals surface area contributed by atoms with E-state index >= 15 is 0 Å². The molecule has 15 heavy (non-hydrogen) atoms. The fourth-order valence-electron chi connectivity index (χ4n) is 1.43. The Balaban J connectivity index is 2.58. The van der Waals surface area contributed by atoms with Gasteiger partial charge in [0, 0.05) is 17.5 Å². The topological polar surface area (TPSA) is 29.5 Å². The van der Waals surface area contributed by atoms with E-state index in [0.29, 0.717) is 13.0 Å². The average Bonchev–Trinajstić information content (AvgIpc) is 2.21. The summed E-state index contributed by atoms with van der Waals surface area (Å²) in [6.07, 6.45) is 0.0357. The minimum absolute atomic E-state index is 0.123. The maximum absolute atomic E-state index is 9.88. The second kappa shape index (κ2) is 6.26. The number of hydrogen-bond acceptors (Lipinski definition) is 2. The number of rotatable bonds is 5. The summed E-state index contributed by atoms with van der Waals surface area (Å²) in [7, 11) is 0. The van der Waals surface area contributed by atoms with E-state index in [1.165, 1.54) is 0 Å². The fourth-order valence-corrected chi connectivity index (χ4v) is 1.88. The Morgan fingerprint density at radius 2 is 2.07 bits per heavy atom. The van der Waals surface area contributed by atoms with Gasteiger partial charge in [0.15, 0.2) is 0 Å². The first kappa shape index (κ1) is 12.7. The van der Waals surface area contributed by atoms with Gasteiger partial charge in [0.25, 0.3) is 0 Å². The Morgan fingerprint density at radius 3 is 2.67 bits per heavy atom. The number of aliphatic hydroxyl groups is 1. The normalized spacial score (nSPS) is 14.9. The molecule has 0 heterocycles. The lowest BCUT2D eigenvalue weighted by atomic mass is 10.0. The lowest BCUT2D eigenvalue weighted by molar-refractivity contribution is -0.0208. The van der Waals surface area contributed by atoms with E-state index < -0.39 is 6.10 Å². The van der Waals surface area contributed by atoms with Crippen LogP contribution in [-0.2, 0) is 11.2 Å². The van der Waals surface area contributed by atoms with Crippen LogP contribution < -0.4 is 0 Å². The monoisotopic (exact) mass is 272 g/mol. The third-order valence-corrected chi connectivity index (χ3v) is 3.13. The van der Waals surface area contributed by atoms with Crippen LogP contribution >= 0.6 is 15.9 Å². The molecule has 1 N–H and O–H groups in total. The zero-order valence-corrected chi connectivity index (χ0v) is 10.7. The highest BCUT2D eigenvalue weighted by Crippen LogP contribution is 2.18. The van der Waals surface area contributed by atoms with Gasteiger partial charge in [-0.15, -0.1) is 0 Å². The number of hydrogen-bond donors (Lipinski definition) is 1. The molecule has 0 saturated heterocycles. The van der Waals surface area contributed by atoms with Crippen molar-refractivity contribution < 1.29 is 9.84 Å². The van der Waals surface area contributed by atoms with Crippen molar-refractivity contribution in [2.45, 2.75) is 32.5 Å². The van der Waals surface area contributed by atoms with Crippen molar-refractivity contribution in [1.29, 1.82) is 0 Å². The molecule has 0 fully saturated rings. The molecule has 0 saturated carbocycles. The summed E-state index contributed by atoms with van der Waals surface area (Å²) in [4.78, 5) is 0. The van der Waals surface area contributed by atoms with Crippen LogP contribution in [-0.4, -0.2) is 23.9 Å². The number of aliphatic hydroxyl groups excluding tert-OH is 1. The van der Waals surface area contributed by atoms with E-state index in [1.54, 1.807) is 0 Å². The SMILES string of the molecule is CCOC(C)C(O)Cc1ccccc1Br. The van der Waals surface area contributed by atoms with Crippen molar-refractivity contribution in [1.82, 2.24) is 0 Å². The molecule has 0 spiro atoms. The standard InChI is InChI=1S/C12H17BrO2/c1-3-15-9(2)12(14)8-10-6-4-5-7-11(10)13/h4-7,9,12,14H,3,8H2,1-2H3. The summed E-state index contributed by atoms with van der Waals surface area (Å²) in [5.74, 6) is 0. The van der Waals surface area contributed by atoms with Gasteiger partial charge in [-0.05, 0) is 25.5 Å². The molecule has 1 aromatic carbocycles. The molecule has 0 aliphatic heterocycles. The van der Waals surface area contributed by atoms with Crippen molar-refractivity contribution in [2.75, 3.05) is 6.61 Å². The third-order valence-electron chi connectivity index (χ3n) is 2.36. The lowest BCUT2D eigenvalue weighted by Crippen LogP contribution is -2.28. The van der Waals surface area contributed by atoms with Gasteiger partial charge < -0.3 is 9.84 Å². The summed E-state index contributed by atoms with van der Waals surface area (Å²) in [6, 6.07) is 7.92. The van der Waals surface area contributed by atoms with Crippen molar-refractivity contribution in [3.05, 3.63) is 34.3 Å². The van der Waals surface area contributed by atoms with Gasteiger partial charge in [-0.25, -0.2) is 0 Å². The van der Waals surface area contributed by atoms with Gasteiger partial charge in [-0.2, -0.15) is 0 Å². The predicted octanol–water partition coefficient (Wildman–Crippen LogP) is 2.78. The van der Waals surface area contributed by atoms with Crippen LogP contribution in [0.4, 0.5) is 0 Å². The molecule has 0 aromatic heterocycles. The van der Waals surface area contributed by atoms with Crippen molar-refractivity contribution in [3.63, 3.8) is 0 Å². The van der Waals surface area contributed by atoms with Crippen LogP contribution in [0.5, 0.6) is 0 Å². The second-order valence-electron chi connectivity index (χ2n) is 3.52. The molecule has 1 rings (SSSR count). The molecule has 0 aliphatic rings. The Hall–Kier alpha value is -0.380. The average molecular weight is 273 g/mol. The number of halogens is 1. The minimum Gasteiger partial charge on any atom is -0.390 e. The van der Waals surface area contributed by atoms with Crippen LogP contribution in [0, 0.1) is 0 Å². The Labute approximate surface area is 99.4 Å². The van der Waals surface area contributed by atoms with Gasteiger partial charge in [0.05, 0.1) is 12.2 Å². The summed E-state index contributed by atoms with van der Waals surface area (Å²) in [6.45, 7) is 4.46. The molecule has 0 radical (unpaired) electrons. The molecular weight excluding hydrogens is 256 g/mol. The van der Waals surface area contributed by atoms with Gasteiger partial charge >= 0.3 is 0 Å². The van der Waals surface area contributed by atoms with Crippen LogP contribution in [0.3, 0.4) is 0 Å². The zero-order valence-electron chi connectivity index (χ0n) is 9.11. The molecule has 2 unspecified atom stereocenters. The largest absolute Gasteiger partial charge is 0.390 e. The van der Waals surface area contributed by atoms with E-state index in [9.17, 15) is 5.11 Å². The maximum Gasteiger partial charge on any atom is 0.0839 e. The van der Waals surface area contributed by atoms with Crippen molar-refractivity contribution >= 4 is 15.9 Å². The second-order valence-corrected chi connectivity index (χ2v) is 4.38. The summed E-state index contributed by atoms with van der Waals surface area (Å²) >= 11 is 3.46. The predicted molar refractivity (Wildman–Crippen MR) is 64.9 cm³/mol. The van der Waals surface area contributed by atoms with Crippen LogP contribution in [0.25, 0.3) is 0 Å². The molecular formula is C12H17BrO2. The first-order chi connectivity index (χ1) is 7.15. The molecule has 0 amide bonds. The summed E-state index contributed by atoms with van der Waals surface area (Å²) < 4.78 is 6.39. The molecule has 0 bridgehead atoms. The van der Waals surface area contributed by atoms with E-state index in [4.69, 9.17) is 4.74 Å². The maximum atomic E-state index is 9.88. The van der Waals surface area contributed by atoms with E-state index in [0.717, 1.165) is 10.0 Å². The number of benzene rings is 1. The van der Waals surface area contributed by atoms with E-state index in [2.05, 4.69) is 15.9 Å². The first-order valence-electron chi connectivity index (χ1n) is 5.18. The van der Waals surface area contributed by atoms with E-state index in [1.807, 2.05) is 38.1 Å². The molecule has 0 aliphatic carbocycles. The van der Waals surface area contributed by atoms with Gasteiger partial charge in [-0.3, -0.25) is 0 Å². The molecule has 1 aromatic rings. The smallest absolute Gasteiger partial charge is 0.0839 e. The Bertz CT molecular complexity index is 301. The van der Waals surface area contributed by atoms with Crippen LogP contribution in [0.15, 0.2) is 28.7 Å². The van der Waals surface area contributed by atoms with Gasteiger partial charge in [-0.1, -0.05) is 34.1 Å². The zero-order chi connectivity index (χ0) is 11.3. The first-order valence-corrected chi connectivity index (χ1v) is 5.97. The summed E-state index contributed by atoms with van der Waals surface area (Å²) in [5, 5.41) is 9.88.